The van der Waals surface area contributed by atoms with Crippen LogP contribution in [0.1, 0.15) is 26.3 Å². The summed E-state index contributed by atoms with van der Waals surface area (Å²) in [4.78, 5) is 26.4. The molecule has 0 atom stereocenters. The summed E-state index contributed by atoms with van der Waals surface area (Å²) in [5.41, 5.74) is 2.26. The van der Waals surface area contributed by atoms with Crippen molar-refractivity contribution in [2.24, 2.45) is 0 Å². The van der Waals surface area contributed by atoms with Gasteiger partial charge in [-0.2, -0.15) is 0 Å². The number of aryl methyl sites for hydroxylation is 1. The molecule has 6 nitrogen and oxygen atoms in total. The summed E-state index contributed by atoms with van der Waals surface area (Å²) in [5.74, 6) is 0. The Morgan fingerprint density at radius 3 is 2.33 bits per heavy atom. The molecule has 0 fully saturated rings. The van der Waals surface area contributed by atoms with Gasteiger partial charge in [-0.15, -0.1) is 0 Å². The van der Waals surface area contributed by atoms with Crippen LogP contribution in [0, 0.1) is 6.92 Å². The molecule has 0 saturated carbocycles. The first-order valence-electron chi connectivity index (χ1n) is 9.01. The third-order valence-electron chi connectivity index (χ3n) is 3.69. The topological polar surface area (TPSA) is 73.5 Å². The molecule has 3 N–H and O–H groups in total. The third kappa shape index (κ3) is 7.01. The Morgan fingerprint density at radius 1 is 1.00 bits per heavy atom. The van der Waals surface area contributed by atoms with E-state index in [1.165, 1.54) is 0 Å². The molecule has 0 radical (unpaired) electrons. The highest BCUT2D eigenvalue weighted by Gasteiger charge is 2.17. The van der Waals surface area contributed by atoms with E-state index in [2.05, 4.69) is 16.0 Å². The van der Waals surface area contributed by atoms with E-state index in [9.17, 15) is 9.59 Å². The fraction of sp³-hybridized carbons (Fsp3) is 0.333. The molecule has 0 bridgehead atoms. The normalized spacial score (nSPS) is 10.8. The largest absolute Gasteiger partial charge is 0.336 e. The van der Waals surface area contributed by atoms with Crippen molar-refractivity contribution >= 4 is 23.4 Å². The van der Waals surface area contributed by atoms with Crippen LogP contribution in [0.15, 0.2) is 54.6 Å². The first kappa shape index (κ1) is 20.3. The van der Waals surface area contributed by atoms with Gasteiger partial charge in [0.05, 0.1) is 0 Å². The Labute approximate surface area is 161 Å². The summed E-state index contributed by atoms with van der Waals surface area (Å²) in [5, 5.41) is 8.55. The minimum Gasteiger partial charge on any atom is -0.336 e. The molecule has 0 unspecified atom stereocenters. The van der Waals surface area contributed by atoms with Gasteiger partial charge in [0.2, 0.25) is 0 Å². The second kappa shape index (κ2) is 9.07. The second-order valence-corrected chi connectivity index (χ2v) is 7.42. The Bertz CT molecular complexity index is 769. The lowest BCUT2D eigenvalue weighted by Crippen LogP contribution is -2.48. The number of amides is 4. The number of hydrogen-bond acceptors (Lipinski definition) is 2. The van der Waals surface area contributed by atoms with E-state index in [4.69, 9.17) is 0 Å². The number of para-hydroxylation sites is 1. The van der Waals surface area contributed by atoms with E-state index in [0.29, 0.717) is 13.1 Å². The molecule has 0 aliphatic heterocycles. The monoisotopic (exact) mass is 368 g/mol. The van der Waals surface area contributed by atoms with Crippen LogP contribution in [0.2, 0.25) is 0 Å². The fourth-order valence-corrected chi connectivity index (χ4v) is 2.54. The van der Waals surface area contributed by atoms with Gasteiger partial charge < -0.3 is 16.0 Å². The highest BCUT2D eigenvalue weighted by atomic mass is 16.2. The lowest BCUT2D eigenvalue weighted by Gasteiger charge is -2.25. The molecule has 27 heavy (non-hydrogen) atoms. The van der Waals surface area contributed by atoms with Crippen LogP contribution in [0.25, 0.3) is 0 Å². The van der Waals surface area contributed by atoms with Crippen molar-refractivity contribution in [3.05, 3.63) is 60.2 Å². The minimum atomic E-state index is -0.314. The molecule has 2 aromatic carbocycles. The van der Waals surface area contributed by atoms with Gasteiger partial charge in [-0.1, -0.05) is 30.3 Å². The summed E-state index contributed by atoms with van der Waals surface area (Å²) in [6, 6.07) is 16.5. The van der Waals surface area contributed by atoms with Crippen molar-refractivity contribution in [1.82, 2.24) is 10.6 Å². The smallest absolute Gasteiger partial charge is 0.326 e. The van der Waals surface area contributed by atoms with E-state index in [-0.39, 0.29) is 17.6 Å². The van der Waals surface area contributed by atoms with Crippen molar-refractivity contribution in [2.45, 2.75) is 33.2 Å². The van der Waals surface area contributed by atoms with Gasteiger partial charge in [-0.05, 0) is 57.5 Å². The highest BCUT2D eigenvalue weighted by molar-refractivity contribution is 6.01. The number of benzene rings is 2. The van der Waals surface area contributed by atoms with E-state index in [0.717, 1.165) is 16.9 Å². The molecule has 0 saturated heterocycles. The van der Waals surface area contributed by atoms with Gasteiger partial charge in [0.1, 0.15) is 0 Å². The van der Waals surface area contributed by atoms with Crippen LogP contribution >= 0.6 is 0 Å². The Kier molecular flexibility index (Phi) is 6.82. The Morgan fingerprint density at radius 2 is 1.70 bits per heavy atom. The number of urea groups is 2. The van der Waals surface area contributed by atoms with Crippen molar-refractivity contribution in [3.8, 4) is 0 Å². The van der Waals surface area contributed by atoms with Gasteiger partial charge in [0.15, 0.2) is 0 Å². The average Bonchev–Trinajstić information content (AvgIpc) is 2.58. The summed E-state index contributed by atoms with van der Waals surface area (Å²) in [6.45, 7) is 8.40. The molecular weight excluding hydrogens is 340 g/mol. The number of anilines is 2. The minimum absolute atomic E-state index is 0.246. The van der Waals surface area contributed by atoms with Crippen LogP contribution in [0.4, 0.5) is 21.0 Å². The number of carbonyl (C=O) groups is 2. The van der Waals surface area contributed by atoms with Gasteiger partial charge in [0.25, 0.3) is 0 Å². The first-order chi connectivity index (χ1) is 12.7. The molecule has 0 spiro atoms. The Balaban J connectivity index is 2.03. The third-order valence-corrected chi connectivity index (χ3v) is 3.69. The van der Waals surface area contributed by atoms with Gasteiger partial charge >= 0.3 is 12.1 Å². The number of nitrogens with zero attached hydrogens (tertiary/aromatic N) is 1. The molecule has 0 aliphatic carbocycles. The maximum Gasteiger partial charge on any atom is 0.326 e. The molecular formula is C21H28N4O2. The summed E-state index contributed by atoms with van der Waals surface area (Å²) in [6.07, 6.45) is 0. The molecule has 0 heterocycles. The number of carbonyl (C=O) groups excluding carboxylic acids is 2. The van der Waals surface area contributed by atoms with E-state index in [1.807, 2.05) is 82.3 Å². The van der Waals surface area contributed by atoms with Crippen LogP contribution in [-0.2, 0) is 0 Å². The molecule has 4 amide bonds. The molecule has 6 heteroatoms. The SMILES string of the molecule is Cc1cccc(NC(=O)N(CCNC(=O)NC(C)(C)C)c2ccccc2)c1. The van der Waals surface area contributed by atoms with Crippen LogP contribution < -0.4 is 20.9 Å². The highest BCUT2D eigenvalue weighted by Crippen LogP contribution is 2.16. The zero-order valence-electron chi connectivity index (χ0n) is 16.4. The van der Waals surface area contributed by atoms with Crippen molar-refractivity contribution in [2.75, 3.05) is 23.3 Å². The molecule has 2 rings (SSSR count). The number of hydrogen-bond donors (Lipinski definition) is 3. The first-order valence-corrected chi connectivity index (χ1v) is 9.01. The predicted octanol–water partition coefficient (Wildman–Crippen LogP) is 4.13. The standard InChI is InChI=1S/C21H28N4O2/c1-16-9-8-10-17(15-16)23-20(27)25(18-11-6-5-7-12-18)14-13-22-19(26)24-21(2,3)4/h5-12,15H,13-14H2,1-4H3,(H,23,27)(H2,22,24,26). The summed E-state index contributed by atoms with van der Waals surface area (Å²) in [7, 11) is 0. The lowest BCUT2D eigenvalue weighted by atomic mass is 10.1. The van der Waals surface area contributed by atoms with Crippen molar-refractivity contribution in [3.63, 3.8) is 0 Å². The van der Waals surface area contributed by atoms with E-state index >= 15 is 0 Å². The zero-order valence-corrected chi connectivity index (χ0v) is 16.4. The number of rotatable bonds is 5. The average molecular weight is 368 g/mol. The fourth-order valence-electron chi connectivity index (χ4n) is 2.54. The van der Waals surface area contributed by atoms with Gasteiger partial charge in [-0.3, -0.25) is 4.90 Å². The Hall–Kier alpha value is -3.02. The maximum atomic E-state index is 12.8. The summed E-state index contributed by atoms with van der Waals surface area (Å²) < 4.78 is 0. The van der Waals surface area contributed by atoms with Gasteiger partial charge in [-0.25, -0.2) is 9.59 Å². The van der Waals surface area contributed by atoms with E-state index in [1.54, 1.807) is 4.90 Å². The summed E-state index contributed by atoms with van der Waals surface area (Å²) >= 11 is 0. The van der Waals surface area contributed by atoms with Crippen LogP contribution in [0.5, 0.6) is 0 Å². The zero-order chi connectivity index (χ0) is 19.9. The quantitative estimate of drug-likeness (QED) is 0.742. The van der Waals surface area contributed by atoms with Crippen LogP contribution in [-0.4, -0.2) is 30.7 Å². The van der Waals surface area contributed by atoms with Crippen LogP contribution in [0.3, 0.4) is 0 Å². The molecule has 0 aliphatic rings. The van der Waals surface area contributed by atoms with E-state index < -0.39 is 0 Å². The second-order valence-electron chi connectivity index (χ2n) is 7.42. The van der Waals surface area contributed by atoms with Crippen molar-refractivity contribution < 1.29 is 9.59 Å². The van der Waals surface area contributed by atoms with Gasteiger partial charge in [0, 0.05) is 30.0 Å². The molecule has 0 aromatic heterocycles. The molecule has 2 aromatic rings. The lowest BCUT2D eigenvalue weighted by molar-refractivity contribution is 0.232. The van der Waals surface area contributed by atoms with Crippen molar-refractivity contribution in [1.29, 1.82) is 0 Å². The molecule has 144 valence electrons. The maximum absolute atomic E-state index is 12.8. The predicted molar refractivity (Wildman–Crippen MR) is 110 cm³/mol. The number of nitrogens with one attached hydrogen (secondary N) is 3.